The molecule has 0 unspecified atom stereocenters. The number of hydrogen-bond acceptors (Lipinski definition) is 5. The largest absolute Gasteiger partial charge is 0.465 e. The van der Waals surface area contributed by atoms with Gasteiger partial charge in [-0.15, -0.1) is 0 Å². The monoisotopic (exact) mass is 505 g/mol. The first-order chi connectivity index (χ1) is 17.8. The van der Waals surface area contributed by atoms with E-state index in [0.29, 0.717) is 17.7 Å². The van der Waals surface area contributed by atoms with Crippen LogP contribution in [-0.2, 0) is 32.1 Å². The molecular weight excluding hydrogens is 470 g/mol. The van der Waals surface area contributed by atoms with Crippen molar-refractivity contribution in [3.8, 4) is 0 Å². The Balaban J connectivity index is 1.81. The maximum absolute atomic E-state index is 13.9. The van der Waals surface area contributed by atoms with E-state index in [9.17, 15) is 14.4 Å². The van der Waals surface area contributed by atoms with Crippen LogP contribution in [0.15, 0.2) is 34.6 Å². The van der Waals surface area contributed by atoms with Gasteiger partial charge in [0.2, 0.25) is 0 Å². The second-order valence-electron chi connectivity index (χ2n) is 10.4. The molecule has 0 spiro atoms. The normalized spacial score (nSPS) is 20.8. The minimum atomic E-state index is -0.630. The van der Waals surface area contributed by atoms with E-state index in [1.165, 1.54) is 16.7 Å². The molecule has 196 valence electrons. The van der Waals surface area contributed by atoms with Crippen LogP contribution in [0.1, 0.15) is 74.5 Å². The molecule has 1 saturated carbocycles. The molecule has 5 rings (SSSR count). The molecule has 3 aliphatic carbocycles. The molecule has 2 aromatic rings. The Hall–Kier alpha value is -3.39. The topological polar surface area (TPSA) is 82.8 Å². The second-order valence-corrected chi connectivity index (χ2v) is 10.4. The molecule has 1 aromatic carbocycles. The van der Waals surface area contributed by atoms with Gasteiger partial charge in [0.1, 0.15) is 6.54 Å². The molecule has 0 N–H and O–H groups in total. The van der Waals surface area contributed by atoms with E-state index >= 15 is 0 Å². The maximum Gasteiger partial charge on any atom is 0.329 e. The molecule has 0 aliphatic heterocycles. The van der Waals surface area contributed by atoms with Crippen molar-refractivity contribution in [3.63, 3.8) is 0 Å². The number of rotatable bonds is 6. The number of amides is 1. The van der Waals surface area contributed by atoms with Gasteiger partial charge < -0.3 is 4.74 Å². The number of imidazole rings is 1. The molecule has 8 nitrogen and oxygen atoms in total. The highest BCUT2D eigenvalue weighted by Crippen LogP contribution is 2.54. The van der Waals surface area contributed by atoms with Gasteiger partial charge in [0.05, 0.1) is 25.1 Å². The highest BCUT2D eigenvalue weighted by atomic mass is 16.7. The van der Waals surface area contributed by atoms with Crippen LogP contribution in [0.25, 0.3) is 17.7 Å². The number of fused-ring (bicyclic) bond motifs is 4. The average molecular weight is 506 g/mol. The van der Waals surface area contributed by atoms with Crippen LogP contribution in [0, 0.1) is 5.41 Å². The first kappa shape index (κ1) is 25.3. The molecule has 3 aliphatic rings. The highest BCUT2D eigenvalue weighted by molar-refractivity contribution is 6.07. The average Bonchev–Trinajstić information content (AvgIpc) is 3.28. The van der Waals surface area contributed by atoms with E-state index < -0.39 is 11.4 Å². The number of allylic oxidation sites excluding steroid dienone is 1. The third-order valence-corrected chi connectivity index (χ3v) is 8.17. The third-order valence-electron chi connectivity index (χ3n) is 8.17. The lowest BCUT2D eigenvalue weighted by atomic mass is 9.75. The van der Waals surface area contributed by atoms with Gasteiger partial charge in [0.25, 0.3) is 5.91 Å². The SMILES string of the molecule is CCOC(=O)Cn1c2c(n(C3CCCCC3)c1=O)C=C1c3ccccc3C[C@]1(C)C(C(=O)N(C)OC)=C2. The van der Waals surface area contributed by atoms with Crippen LogP contribution in [-0.4, -0.2) is 46.8 Å². The number of carbonyl (C=O) groups excluding carboxylic acids is 2. The van der Waals surface area contributed by atoms with Crippen molar-refractivity contribution in [1.82, 2.24) is 14.2 Å². The minimum Gasteiger partial charge on any atom is -0.465 e. The van der Waals surface area contributed by atoms with Crippen LogP contribution in [0.4, 0.5) is 0 Å². The Labute approximate surface area is 217 Å². The van der Waals surface area contributed by atoms with Gasteiger partial charge in [-0.1, -0.05) is 50.5 Å². The van der Waals surface area contributed by atoms with Crippen molar-refractivity contribution in [2.75, 3.05) is 20.8 Å². The Kier molecular flexibility index (Phi) is 6.70. The third kappa shape index (κ3) is 4.17. The Morgan fingerprint density at radius 1 is 1.11 bits per heavy atom. The fraction of sp³-hybridized carbons (Fsp3) is 0.483. The lowest BCUT2D eigenvalue weighted by Gasteiger charge is -2.30. The van der Waals surface area contributed by atoms with Gasteiger partial charge >= 0.3 is 11.7 Å². The quantitative estimate of drug-likeness (QED) is 0.433. The molecule has 1 atom stereocenters. The van der Waals surface area contributed by atoms with Gasteiger partial charge in [-0.25, -0.2) is 9.86 Å². The fourth-order valence-corrected chi connectivity index (χ4v) is 6.24. The zero-order chi connectivity index (χ0) is 26.3. The first-order valence-corrected chi connectivity index (χ1v) is 13.2. The number of benzene rings is 1. The van der Waals surface area contributed by atoms with Crippen molar-refractivity contribution in [1.29, 1.82) is 0 Å². The molecule has 1 aromatic heterocycles. The maximum atomic E-state index is 13.9. The Morgan fingerprint density at radius 2 is 1.84 bits per heavy atom. The standard InChI is InChI=1S/C29H35N3O5/c1-5-37-26(33)18-31-24-16-23(27(34)30(3)36-4)29(2)17-19-11-9-10-14-21(19)22(29)15-25(24)32(28(31)35)20-12-7-6-8-13-20/h9-11,14-16,20H,5-8,12-13,17-18H2,1-4H3/t29-/m0/s1. The zero-order valence-corrected chi connectivity index (χ0v) is 22.1. The van der Waals surface area contributed by atoms with Gasteiger partial charge in [0, 0.05) is 24.1 Å². The summed E-state index contributed by atoms with van der Waals surface area (Å²) in [4.78, 5) is 45.6. The number of ether oxygens (including phenoxy) is 1. The zero-order valence-electron chi connectivity index (χ0n) is 22.1. The van der Waals surface area contributed by atoms with E-state index in [-0.39, 0.29) is 30.8 Å². The summed E-state index contributed by atoms with van der Waals surface area (Å²) < 4.78 is 8.56. The number of esters is 1. The van der Waals surface area contributed by atoms with E-state index in [1.807, 2.05) is 22.8 Å². The fourth-order valence-electron chi connectivity index (χ4n) is 6.24. The number of carbonyl (C=O) groups is 2. The lowest BCUT2D eigenvalue weighted by molar-refractivity contribution is -0.164. The molecule has 1 heterocycles. The number of hydrogen-bond donors (Lipinski definition) is 0. The predicted octanol–water partition coefficient (Wildman–Crippen LogP) is 4.24. The highest BCUT2D eigenvalue weighted by Gasteiger charge is 2.46. The van der Waals surface area contributed by atoms with E-state index in [0.717, 1.165) is 54.5 Å². The molecule has 0 radical (unpaired) electrons. The summed E-state index contributed by atoms with van der Waals surface area (Å²) in [6.07, 6.45) is 9.65. The number of aromatic nitrogens is 2. The van der Waals surface area contributed by atoms with Crippen molar-refractivity contribution >= 4 is 29.6 Å². The molecule has 8 heteroatoms. The van der Waals surface area contributed by atoms with Gasteiger partial charge in [-0.05, 0) is 55.0 Å². The van der Waals surface area contributed by atoms with Crippen LogP contribution in [0.3, 0.4) is 0 Å². The van der Waals surface area contributed by atoms with Crippen LogP contribution < -0.4 is 5.69 Å². The van der Waals surface area contributed by atoms with Crippen molar-refractivity contribution in [2.45, 2.75) is 65.0 Å². The summed E-state index contributed by atoms with van der Waals surface area (Å²) in [6, 6.07) is 8.24. The van der Waals surface area contributed by atoms with E-state index in [4.69, 9.17) is 9.57 Å². The molecule has 1 amide bonds. The Morgan fingerprint density at radius 3 is 2.54 bits per heavy atom. The summed E-state index contributed by atoms with van der Waals surface area (Å²) in [7, 11) is 3.04. The predicted molar refractivity (Wildman–Crippen MR) is 141 cm³/mol. The molecule has 0 saturated heterocycles. The molecule has 1 fully saturated rings. The minimum absolute atomic E-state index is 0.0468. The van der Waals surface area contributed by atoms with Gasteiger partial charge in [0.15, 0.2) is 0 Å². The number of likely N-dealkylation sites (N-methyl/N-ethyl adjacent to an activating group) is 1. The summed E-state index contributed by atoms with van der Waals surface area (Å²) in [5, 5.41) is 1.22. The Bertz CT molecular complexity index is 1360. The summed E-state index contributed by atoms with van der Waals surface area (Å²) in [6.45, 7) is 3.85. The number of hydroxylamine groups is 2. The van der Waals surface area contributed by atoms with Gasteiger partial charge in [-0.2, -0.15) is 0 Å². The summed E-state index contributed by atoms with van der Waals surface area (Å²) >= 11 is 0. The molecule has 0 bridgehead atoms. The lowest BCUT2D eigenvalue weighted by Crippen LogP contribution is -2.35. The number of nitrogens with zero attached hydrogens (tertiary/aromatic N) is 3. The van der Waals surface area contributed by atoms with Crippen LogP contribution in [0.2, 0.25) is 0 Å². The molecule has 37 heavy (non-hydrogen) atoms. The van der Waals surface area contributed by atoms with E-state index in [2.05, 4.69) is 25.1 Å². The smallest absolute Gasteiger partial charge is 0.329 e. The molecular formula is C29H35N3O5. The van der Waals surface area contributed by atoms with Gasteiger partial charge in [-0.3, -0.25) is 23.6 Å². The van der Waals surface area contributed by atoms with Crippen molar-refractivity contribution in [3.05, 3.63) is 62.8 Å². The first-order valence-electron chi connectivity index (χ1n) is 13.2. The van der Waals surface area contributed by atoms with Crippen LogP contribution in [0.5, 0.6) is 0 Å². The second kappa shape index (κ2) is 9.82. The summed E-state index contributed by atoms with van der Waals surface area (Å²) in [5.41, 5.74) is 4.22. The van der Waals surface area contributed by atoms with Crippen molar-refractivity contribution in [2.24, 2.45) is 5.41 Å². The van der Waals surface area contributed by atoms with Crippen molar-refractivity contribution < 1.29 is 19.2 Å². The van der Waals surface area contributed by atoms with Crippen LogP contribution >= 0.6 is 0 Å². The van der Waals surface area contributed by atoms with E-state index in [1.54, 1.807) is 14.0 Å². The summed E-state index contributed by atoms with van der Waals surface area (Å²) in [5.74, 6) is -0.755.